The zero-order valence-electron chi connectivity index (χ0n) is 11.4. The van der Waals surface area contributed by atoms with Crippen LogP contribution in [0.15, 0.2) is 18.3 Å². The first-order valence-corrected chi connectivity index (χ1v) is 7.24. The molecular formula is C15H25N3. The van der Waals surface area contributed by atoms with Crippen molar-refractivity contribution in [1.29, 1.82) is 0 Å². The van der Waals surface area contributed by atoms with Gasteiger partial charge in [-0.1, -0.05) is 25.7 Å². The van der Waals surface area contributed by atoms with Crippen LogP contribution >= 0.6 is 0 Å². The van der Waals surface area contributed by atoms with Gasteiger partial charge in [0.2, 0.25) is 0 Å². The maximum atomic E-state index is 4.20. The topological polar surface area (TPSA) is 37.0 Å². The van der Waals surface area contributed by atoms with E-state index in [4.69, 9.17) is 0 Å². The lowest BCUT2D eigenvalue weighted by atomic mass is 10.1. The van der Waals surface area contributed by atoms with Crippen LogP contribution in [-0.2, 0) is 0 Å². The van der Waals surface area contributed by atoms with E-state index in [1.54, 1.807) is 0 Å². The first-order chi connectivity index (χ1) is 8.84. The summed E-state index contributed by atoms with van der Waals surface area (Å²) in [6, 6.07) is 4.86. The normalized spacial score (nSPS) is 17.4. The summed E-state index contributed by atoms with van der Waals surface area (Å²) >= 11 is 0. The molecule has 3 nitrogen and oxygen atoms in total. The molecule has 0 saturated heterocycles. The second-order valence-corrected chi connectivity index (χ2v) is 5.26. The van der Waals surface area contributed by atoms with Gasteiger partial charge in [0.05, 0.1) is 0 Å². The molecule has 0 atom stereocenters. The minimum absolute atomic E-state index is 0.744. The second-order valence-electron chi connectivity index (χ2n) is 5.26. The molecule has 0 spiro atoms. The predicted molar refractivity (Wildman–Crippen MR) is 77.0 cm³/mol. The van der Waals surface area contributed by atoms with Gasteiger partial charge in [-0.2, -0.15) is 0 Å². The number of nitrogens with one attached hydrogen (secondary N) is 2. The maximum absolute atomic E-state index is 4.20. The van der Waals surface area contributed by atoms with Crippen molar-refractivity contribution in [1.82, 2.24) is 10.3 Å². The molecule has 1 heterocycles. The summed E-state index contributed by atoms with van der Waals surface area (Å²) in [5.41, 5.74) is 2.24. The second kappa shape index (κ2) is 7.37. The van der Waals surface area contributed by atoms with Crippen LogP contribution in [0.25, 0.3) is 0 Å². The minimum Gasteiger partial charge on any atom is -0.384 e. The highest BCUT2D eigenvalue weighted by Crippen LogP contribution is 2.16. The molecule has 1 fully saturated rings. The molecule has 1 aromatic heterocycles. The monoisotopic (exact) mass is 247 g/mol. The first kappa shape index (κ1) is 13.3. The van der Waals surface area contributed by atoms with Crippen LogP contribution in [0, 0.1) is 6.92 Å². The molecule has 1 aliphatic rings. The third kappa shape index (κ3) is 4.65. The first-order valence-electron chi connectivity index (χ1n) is 7.24. The van der Waals surface area contributed by atoms with Crippen molar-refractivity contribution in [2.75, 3.05) is 18.4 Å². The molecule has 0 aromatic carbocycles. The molecule has 1 aromatic rings. The summed E-state index contributed by atoms with van der Waals surface area (Å²) in [6.07, 6.45) is 10.2. The molecule has 0 aliphatic heterocycles. The van der Waals surface area contributed by atoms with Crippen molar-refractivity contribution in [3.05, 3.63) is 24.0 Å². The predicted octanol–water partition coefficient (Wildman–Crippen LogP) is 3.11. The fourth-order valence-corrected chi connectivity index (χ4v) is 2.62. The lowest BCUT2D eigenvalue weighted by molar-refractivity contribution is 0.468. The van der Waals surface area contributed by atoms with Crippen LogP contribution in [0.5, 0.6) is 0 Å². The third-order valence-electron chi connectivity index (χ3n) is 3.64. The van der Waals surface area contributed by atoms with Crippen molar-refractivity contribution < 1.29 is 0 Å². The van der Waals surface area contributed by atoms with E-state index in [0.29, 0.717) is 0 Å². The van der Waals surface area contributed by atoms with Gasteiger partial charge in [0.25, 0.3) is 0 Å². The van der Waals surface area contributed by atoms with Crippen molar-refractivity contribution >= 4 is 5.69 Å². The Bertz CT molecular complexity index is 343. The average molecular weight is 247 g/mol. The van der Waals surface area contributed by atoms with E-state index in [9.17, 15) is 0 Å². The largest absolute Gasteiger partial charge is 0.384 e. The smallest absolute Gasteiger partial charge is 0.0393 e. The van der Waals surface area contributed by atoms with E-state index < -0.39 is 0 Å². The fourth-order valence-electron chi connectivity index (χ4n) is 2.62. The summed E-state index contributed by atoms with van der Waals surface area (Å²) < 4.78 is 0. The van der Waals surface area contributed by atoms with E-state index >= 15 is 0 Å². The summed E-state index contributed by atoms with van der Waals surface area (Å²) in [6.45, 7) is 4.06. The van der Waals surface area contributed by atoms with Gasteiger partial charge in [-0.05, 0) is 31.9 Å². The number of aromatic nitrogens is 1. The molecule has 100 valence electrons. The van der Waals surface area contributed by atoms with E-state index in [-0.39, 0.29) is 0 Å². The Morgan fingerprint density at radius 2 is 1.94 bits per heavy atom. The van der Waals surface area contributed by atoms with Crippen molar-refractivity contribution in [3.63, 3.8) is 0 Å². The summed E-state index contributed by atoms with van der Waals surface area (Å²) in [7, 11) is 0. The van der Waals surface area contributed by atoms with Gasteiger partial charge in [0.1, 0.15) is 0 Å². The van der Waals surface area contributed by atoms with Crippen LogP contribution < -0.4 is 10.6 Å². The van der Waals surface area contributed by atoms with Crippen LogP contribution in [0.3, 0.4) is 0 Å². The SMILES string of the molecule is Cc1cc(NCCNC2CCCCCC2)ccn1. The molecule has 18 heavy (non-hydrogen) atoms. The molecule has 1 aliphatic carbocycles. The molecule has 2 rings (SSSR count). The number of anilines is 1. The number of pyridine rings is 1. The van der Waals surface area contributed by atoms with Gasteiger partial charge < -0.3 is 10.6 Å². The Morgan fingerprint density at radius 1 is 1.17 bits per heavy atom. The van der Waals surface area contributed by atoms with Gasteiger partial charge in [-0.25, -0.2) is 0 Å². The number of hydrogen-bond donors (Lipinski definition) is 2. The van der Waals surface area contributed by atoms with Gasteiger partial charge in [0, 0.05) is 36.7 Å². The average Bonchev–Trinajstić information content (AvgIpc) is 2.63. The van der Waals surface area contributed by atoms with Crippen molar-refractivity contribution in [2.24, 2.45) is 0 Å². The highest BCUT2D eigenvalue weighted by molar-refractivity contribution is 5.42. The Kier molecular flexibility index (Phi) is 5.46. The Morgan fingerprint density at radius 3 is 2.67 bits per heavy atom. The molecule has 2 N–H and O–H groups in total. The van der Waals surface area contributed by atoms with Crippen LogP contribution in [0.4, 0.5) is 5.69 Å². The number of aryl methyl sites for hydroxylation is 1. The highest BCUT2D eigenvalue weighted by Gasteiger charge is 2.10. The van der Waals surface area contributed by atoms with E-state index in [2.05, 4.69) is 21.7 Å². The van der Waals surface area contributed by atoms with Crippen LogP contribution in [0.1, 0.15) is 44.2 Å². The molecule has 0 amide bonds. The summed E-state index contributed by atoms with van der Waals surface area (Å²) in [5, 5.41) is 7.11. The standard InChI is InChI=1S/C15H25N3/c1-13-12-15(8-9-16-13)18-11-10-17-14-6-4-2-3-5-7-14/h8-9,12,14,17H,2-7,10-11H2,1H3,(H,16,18). The van der Waals surface area contributed by atoms with Crippen LogP contribution in [-0.4, -0.2) is 24.1 Å². The van der Waals surface area contributed by atoms with E-state index in [0.717, 1.165) is 24.8 Å². The summed E-state index contributed by atoms with van der Waals surface area (Å²) in [4.78, 5) is 4.20. The Hall–Kier alpha value is -1.09. The fraction of sp³-hybridized carbons (Fsp3) is 0.667. The minimum atomic E-state index is 0.744. The number of nitrogens with zero attached hydrogens (tertiary/aromatic N) is 1. The molecule has 3 heteroatoms. The van der Waals surface area contributed by atoms with Crippen LogP contribution in [0.2, 0.25) is 0 Å². The molecular weight excluding hydrogens is 222 g/mol. The number of hydrogen-bond acceptors (Lipinski definition) is 3. The molecule has 0 radical (unpaired) electrons. The zero-order valence-corrected chi connectivity index (χ0v) is 11.4. The number of rotatable bonds is 5. The Labute approximate surface area is 110 Å². The molecule has 0 unspecified atom stereocenters. The van der Waals surface area contributed by atoms with Gasteiger partial charge in [0.15, 0.2) is 0 Å². The lowest BCUT2D eigenvalue weighted by Crippen LogP contribution is -2.32. The Balaban J connectivity index is 1.63. The van der Waals surface area contributed by atoms with Gasteiger partial charge >= 0.3 is 0 Å². The molecule has 1 saturated carbocycles. The van der Waals surface area contributed by atoms with Gasteiger partial charge in [-0.3, -0.25) is 4.98 Å². The third-order valence-corrected chi connectivity index (χ3v) is 3.64. The van der Waals surface area contributed by atoms with E-state index in [1.807, 2.05) is 19.2 Å². The van der Waals surface area contributed by atoms with E-state index in [1.165, 1.54) is 44.2 Å². The van der Waals surface area contributed by atoms with Gasteiger partial charge in [-0.15, -0.1) is 0 Å². The van der Waals surface area contributed by atoms with Crippen molar-refractivity contribution in [2.45, 2.75) is 51.5 Å². The maximum Gasteiger partial charge on any atom is 0.0393 e. The highest BCUT2D eigenvalue weighted by atomic mass is 15.0. The molecule has 0 bridgehead atoms. The quantitative estimate of drug-likeness (QED) is 0.620. The van der Waals surface area contributed by atoms with Crippen molar-refractivity contribution in [3.8, 4) is 0 Å². The zero-order chi connectivity index (χ0) is 12.6. The summed E-state index contributed by atoms with van der Waals surface area (Å²) in [5.74, 6) is 0. The lowest BCUT2D eigenvalue weighted by Gasteiger charge is -2.16.